The number of primary amides is 1. The van der Waals surface area contributed by atoms with Gasteiger partial charge in [-0.2, -0.15) is 0 Å². The number of nitrogens with zero attached hydrogens (tertiary/aromatic N) is 1. The number of nitrogens with one attached hydrogen (secondary N) is 1. The minimum Gasteiger partial charge on any atom is -0.494 e. The Kier molecular flexibility index (Phi) is 6.33. The number of rotatable bonds is 7. The molecule has 0 radical (unpaired) electrons. The van der Waals surface area contributed by atoms with Crippen LogP contribution in [0.3, 0.4) is 0 Å². The van der Waals surface area contributed by atoms with E-state index < -0.39 is 5.91 Å². The minimum absolute atomic E-state index is 0.177. The van der Waals surface area contributed by atoms with E-state index in [0.29, 0.717) is 22.4 Å². The smallest absolute Gasteiger partial charge is 0.264 e. The lowest BCUT2D eigenvalue weighted by Crippen LogP contribution is -2.19. The zero-order valence-electron chi connectivity index (χ0n) is 15.2. The molecule has 0 bridgehead atoms. The van der Waals surface area contributed by atoms with Crippen molar-refractivity contribution in [2.24, 2.45) is 10.7 Å². The Morgan fingerprint density at radius 2 is 1.75 bits per heavy atom. The summed E-state index contributed by atoms with van der Waals surface area (Å²) < 4.78 is 10.6. The van der Waals surface area contributed by atoms with Crippen molar-refractivity contribution in [3.8, 4) is 11.5 Å². The van der Waals surface area contributed by atoms with Crippen LogP contribution in [-0.2, 0) is 9.59 Å². The summed E-state index contributed by atoms with van der Waals surface area (Å²) in [7, 11) is 0. The van der Waals surface area contributed by atoms with E-state index in [1.54, 1.807) is 30.3 Å². The third-order valence-corrected chi connectivity index (χ3v) is 4.50. The van der Waals surface area contributed by atoms with Gasteiger partial charge in [-0.1, -0.05) is 12.1 Å². The second-order valence-electron chi connectivity index (χ2n) is 5.73. The van der Waals surface area contributed by atoms with Gasteiger partial charge in [-0.05, 0) is 66.7 Å². The van der Waals surface area contributed by atoms with E-state index in [-0.39, 0.29) is 12.5 Å². The van der Waals surface area contributed by atoms with Gasteiger partial charge >= 0.3 is 0 Å². The summed E-state index contributed by atoms with van der Waals surface area (Å²) in [6.07, 6.45) is 1.76. The summed E-state index contributed by atoms with van der Waals surface area (Å²) in [5.74, 6) is 0.564. The van der Waals surface area contributed by atoms with Crippen LogP contribution in [0.25, 0.3) is 6.08 Å². The molecular weight excluding hydrogens is 378 g/mol. The van der Waals surface area contributed by atoms with E-state index in [9.17, 15) is 9.59 Å². The van der Waals surface area contributed by atoms with Crippen molar-refractivity contribution in [1.82, 2.24) is 5.32 Å². The molecule has 144 valence electrons. The average molecular weight is 397 g/mol. The molecule has 0 aliphatic carbocycles. The molecule has 8 heteroatoms. The summed E-state index contributed by atoms with van der Waals surface area (Å²) >= 11 is 1.27. The average Bonchev–Trinajstić information content (AvgIpc) is 3.02. The third-order valence-electron chi connectivity index (χ3n) is 3.59. The van der Waals surface area contributed by atoms with Gasteiger partial charge in [-0.15, -0.1) is 0 Å². The van der Waals surface area contributed by atoms with Crippen molar-refractivity contribution in [3.63, 3.8) is 0 Å². The predicted molar refractivity (Wildman–Crippen MR) is 110 cm³/mol. The van der Waals surface area contributed by atoms with E-state index in [1.165, 1.54) is 11.8 Å². The van der Waals surface area contributed by atoms with Crippen LogP contribution in [0.4, 0.5) is 5.69 Å². The highest BCUT2D eigenvalue weighted by atomic mass is 32.2. The van der Waals surface area contributed by atoms with Gasteiger partial charge in [0.1, 0.15) is 11.5 Å². The number of amidine groups is 1. The number of benzene rings is 2. The lowest BCUT2D eigenvalue weighted by atomic mass is 10.2. The largest absolute Gasteiger partial charge is 0.494 e. The highest BCUT2D eigenvalue weighted by molar-refractivity contribution is 8.18. The van der Waals surface area contributed by atoms with E-state index in [2.05, 4.69) is 10.3 Å². The molecule has 1 aliphatic rings. The van der Waals surface area contributed by atoms with Crippen LogP contribution in [0, 0.1) is 0 Å². The van der Waals surface area contributed by atoms with Gasteiger partial charge in [0, 0.05) is 0 Å². The van der Waals surface area contributed by atoms with Gasteiger partial charge in [-0.3, -0.25) is 9.59 Å². The Balaban J connectivity index is 1.67. The number of carbonyl (C=O) groups is 2. The molecule has 2 aromatic rings. The highest BCUT2D eigenvalue weighted by Gasteiger charge is 2.23. The second kappa shape index (κ2) is 9.09. The van der Waals surface area contributed by atoms with Gasteiger partial charge in [0.15, 0.2) is 11.8 Å². The van der Waals surface area contributed by atoms with Gasteiger partial charge < -0.3 is 20.5 Å². The molecule has 0 atom stereocenters. The van der Waals surface area contributed by atoms with Crippen molar-refractivity contribution in [2.75, 3.05) is 13.2 Å². The number of amides is 2. The Morgan fingerprint density at radius 1 is 1.11 bits per heavy atom. The van der Waals surface area contributed by atoms with Crippen molar-refractivity contribution in [1.29, 1.82) is 0 Å². The first kappa shape index (κ1) is 19.5. The van der Waals surface area contributed by atoms with Crippen LogP contribution in [0.5, 0.6) is 11.5 Å². The maximum absolute atomic E-state index is 12.2. The van der Waals surface area contributed by atoms with Gasteiger partial charge in [0.25, 0.3) is 11.8 Å². The summed E-state index contributed by atoms with van der Waals surface area (Å²) in [4.78, 5) is 27.9. The number of carbonyl (C=O) groups excluding carboxylic acids is 2. The molecule has 2 amide bonds. The molecule has 1 saturated heterocycles. The number of hydrogen-bond donors (Lipinski definition) is 2. The number of thioether (sulfide) groups is 1. The molecule has 1 aliphatic heterocycles. The SMILES string of the molecule is CCOc1ccc(N=C2NC(=O)/C(=C\c3ccc(OCC(N)=O)cc3)S2)cc1. The predicted octanol–water partition coefficient (Wildman–Crippen LogP) is 2.84. The summed E-state index contributed by atoms with van der Waals surface area (Å²) in [6.45, 7) is 2.35. The van der Waals surface area contributed by atoms with E-state index in [1.807, 2.05) is 31.2 Å². The number of aliphatic imine (C=N–C) groups is 1. The standard InChI is InChI=1S/C20H19N3O4S/c1-2-26-15-9-5-14(6-10-15)22-20-23-19(25)17(28-20)11-13-3-7-16(8-4-13)27-12-18(21)24/h3-11H,2,12H2,1H3,(H2,21,24)(H,22,23,25)/b17-11+. The van der Waals surface area contributed by atoms with E-state index in [0.717, 1.165) is 17.0 Å². The Morgan fingerprint density at radius 3 is 2.39 bits per heavy atom. The molecule has 0 aromatic heterocycles. The maximum Gasteiger partial charge on any atom is 0.264 e. The van der Waals surface area contributed by atoms with Crippen LogP contribution < -0.4 is 20.5 Å². The van der Waals surface area contributed by atoms with Crippen molar-refractivity contribution < 1.29 is 19.1 Å². The topological polar surface area (TPSA) is 103 Å². The fourth-order valence-electron chi connectivity index (χ4n) is 2.35. The van der Waals surface area contributed by atoms with Crippen LogP contribution in [0.2, 0.25) is 0 Å². The molecule has 0 spiro atoms. The second-order valence-corrected chi connectivity index (χ2v) is 6.76. The summed E-state index contributed by atoms with van der Waals surface area (Å²) in [5.41, 5.74) is 6.60. The monoisotopic (exact) mass is 397 g/mol. The van der Waals surface area contributed by atoms with Crippen LogP contribution >= 0.6 is 11.8 Å². The molecule has 7 nitrogen and oxygen atoms in total. The molecule has 28 heavy (non-hydrogen) atoms. The fourth-order valence-corrected chi connectivity index (χ4v) is 3.19. The fraction of sp³-hybridized carbons (Fsp3) is 0.150. The van der Waals surface area contributed by atoms with Crippen LogP contribution in [0.15, 0.2) is 58.4 Å². The van der Waals surface area contributed by atoms with Gasteiger partial charge in [-0.25, -0.2) is 4.99 Å². The third kappa shape index (κ3) is 5.37. The molecule has 3 N–H and O–H groups in total. The van der Waals surface area contributed by atoms with Gasteiger partial charge in [0.05, 0.1) is 17.2 Å². The first-order valence-corrected chi connectivity index (χ1v) is 9.39. The zero-order chi connectivity index (χ0) is 19.9. The Labute approximate surface area is 166 Å². The first-order chi connectivity index (χ1) is 13.5. The Bertz CT molecular complexity index is 921. The van der Waals surface area contributed by atoms with E-state index >= 15 is 0 Å². The molecule has 1 fully saturated rings. The summed E-state index contributed by atoms with van der Waals surface area (Å²) in [6, 6.07) is 14.3. The van der Waals surface area contributed by atoms with Gasteiger partial charge in [0.2, 0.25) is 0 Å². The number of hydrogen-bond acceptors (Lipinski definition) is 6. The molecule has 3 rings (SSSR count). The molecule has 0 unspecified atom stereocenters. The number of ether oxygens (including phenoxy) is 2. The lowest BCUT2D eigenvalue weighted by molar-refractivity contribution is -0.120. The number of nitrogens with two attached hydrogens (primary N) is 1. The van der Waals surface area contributed by atoms with Crippen molar-refractivity contribution in [3.05, 3.63) is 59.0 Å². The minimum atomic E-state index is -0.537. The van der Waals surface area contributed by atoms with Crippen molar-refractivity contribution >= 4 is 40.5 Å². The molecular formula is C20H19N3O4S. The van der Waals surface area contributed by atoms with E-state index in [4.69, 9.17) is 15.2 Å². The molecule has 0 saturated carbocycles. The van der Waals surface area contributed by atoms with Crippen molar-refractivity contribution in [2.45, 2.75) is 6.92 Å². The summed E-state index contributed by atoms with van der Waals surface area (Å²) in [5, 5.41) is 3.27. The van der Waals surface area contributed by atoms with Crippen LogP contribution in [0.1, 0.15) is 12.5 Å². The molecule has 2 aromatic carbocycles. The van der Waals surface area contributed by atoms with Crippen LogP contribution in [-0.4, -0.2) is 30.2 Å². The quantitative estimate of drug-likeness (QED) is 0.700. The Hall–Kier alpha value is -3.26. The normalized spacial score (nSPS) is 16.2. The molecule has 1 heterocycles. The maximum atomic E-state index is 12.2. The zero-order valence-corrected chi connectivity index (χ0v) is 16.0. The first-order valence-electron chi connectivity index (χ1n) is 8.57. The highest BCUT2D eigenvalue weighted by Crippen LogP contribution is 2.29. The lowest BCUT2D eigenvalue weighted by Gasteiger charge is -2.03.